The van der Waals surface area contributed by atoms with Crippen LogP contribution < -0.4 is 15.0 Å². The fourth-order valence-corrected chi connectivity index (χ4v) is 6.21. The molecular formula is C32H33F3N6O2S. The first-order valence-corrected chi connectivity index (χ1v) is 15.2. The van der Waals surface area contributed by atoms with Crippen LogP contribution in [0.3, 0.4) is 0 Å². The maximum Gasteiger partial charge on any atom is 0.573 e. The summed E-state index contributed by atoms with van der Waals surface area (Å²) in [5.74, 6) is 1.26. The highest BCUT2D eigenvalue weighted by atomic mass is 32.2. The normalized spacial score (nSPS) is 15.1. The van der Waals surface area contributed by atoms with Crippen molar-refractivity contribution in [3.8, 4) is 22.8 Å². The Morgan fingerprint density at radius 1 is 1.07 bits per heavy atom. The highest BCUT2D eigenvalue weighted by molar-refractivity contribution is 8.14. The number of aliphatic imine (C=N–C) groups is 1. The van der Waals surface area contributed by atoms with Crippen molar-refractivity contribution in [1.29, 1.82) is 0 Å². The molecule has 1 fully saturated rings. The van der Waals surface area contributed by atoms with Crippen LogP contribution in [0, 0.1) is 20.8 Å². The van der Waals surface area contributed by atoms with Gasteiger partial charge in [-0.15, -0.1) is 18.3 Å². The van der Waals surface area contributed by atoms with Crippen LogP contribution in [0.5, 0.6) is 5.75 Å². The minimum atomic E-state index is -4.74. The molecule has 0 bridgehead atoms. The number of urea groups is 1. The van der Waals surface area contributed by atoms with E-state index in [9.17, 15) is 18.0 Å². The summed E-state index contributed by atoms with van der Waals surface area (Å²) in [4.78, 5) is 23.6. The lowest BCUT2D eigenvalue weighted by molar-refractivity contribution is -0.274. The number of aryl methyl sites for hydroxylation is 3. The van der Waals surface area contributed by atoms with E-state index in [1.807, 2.05) is 24.3 Å². The number of thioether (sulfide) groups is 1. The van der Waals surface area contributed by atoms with Crippen LogP contribution in [0.15, 0.2) is 72.0 Å². The lowest BCUT2D eigenvalue weighted by Gasteiger charge is -2.23. The average molecular weight is 623 g/mol. The molecule has 0 radical (unpaired) electrons. The van der Waals surface area contributed by atoms with Gasteiger partial charge in [0.1, 0.15) is 12.1 Å². The fraction of sp³-hybridized carbons (Fsp3) is 0.312. The Balaban J connectivity index is 1.14. The number of aromatic nitrogens is 3. The Morgan fingerprint density at radius 2 is 1.75 bits per heavy atom. The number of benzene rings is 3. The third kappa shape index (κ3) is 7.60. The Labute approximate surface area is 258 Å². The number of nitrogens with zero attached hydrogens (tertiary/aromatic N) is 5. The molecule has 12 heteroatoms. The highest BCUT2D eigenvalue weighted by Crippen LogP contribution is 2.32. The van der Waals surface area contributed by atoms with Gasteiger partial charge in [-0.3, -0.25) is 0 Å². The van der Waals surface area contributed by atoms with E-state index in [-0.39, 0.29) is 17.7 Å². The summed E-state index contributed by atoms with van der Waals surface area (Å²) >= 11 is 1.59. The molecule has 2 heterocycles. The Kier molecular flexibility index (Phi) is 9.28. The van der Waals surface area contributed by atoms with Gasteiger partial charge in [0.05, 0.1) is 5.69 Å². The van der Waals surface area contributed by atoms with Crippen molar-refractivity contribution in [3.63, 3.8) is 0 Å². The Hall–Kier alpha value is -4.32. The van der Waals surface area contributed by atoms with Crippen molar-refractivity contribution in [2.75, 3.05) is 23.7 Å². The zero-order valence-electron chi connectivity index (χ0n) is 24.9. The number of halogens is 3. The lowest BCUT2D eigenvalue weighted by Crippen LogP contribution is -2.29. The Bertz CT molecular complexity index is 1630. The van der Waals surface area contributed by atoms with E-state index in [2.05, 4.69) is 69.9 Å². The third-order valence-electron chi connectivity index (χ3n) is 7.30. The SMILES string of the molecule is Cc1cc(C)c(N2CCSC2=NC(=O)NCCC(C)c2ccc(-c3ncn(-c4ccc(OC(F)(F)F)cc4)n3)cc2)c(C)c1. The van der Waals surface area contributed by atoms with Crippen molar-refractivity contribution < 1.29 is 22.7 Å². The molecular weight excluding hydrogens is 589 g/mol. The number of carbonyl (C=O) groups excluding carboxylic acids is 1. The molecule has 1 saturated heterocycles. The molecule has 230 valence electrons. The molecule has 8 nitrogen and oxygen atoms in total. The van der Waals surface area contributed by atoms with Crippen LogP contribution >= 0.6 is 11.8 Å². The van der Waals surface area contributed by atoms with Crippen LogP contribution in [0.25, 0.3) is 17.1 Å². The first-order chi connectivity index (χ1) is 21.0. The average Bonchev–Trinajstić information content (AvgIpc) is 3.63. The van der Waals surface area contributed by atoms with Gasteiger partial charge in [0, 0.05) is 30.1 Å². The van der Waals surface area contributed by atoms with Crippen molar-refractivity contribution in [1.82, 2.24) is 20.1 Å². The minimum Gasteiger partial charge on any atom is -0.406 e. The number of ether oxygens (including phenoxy) is 1. The van der Waals surface area contributed by atoms with E-state index in [0.717, 1.165) is 40.7 Å². The molecule has 4 aromatic rings. The fourth-order valence-electron chi connectivity index (χ4n) is 5.27. The molecule has 1 aromatic heterocycles. The molecule has 1 N–H and O–H groups in total. The zero-order chi connectivity index (χ0) is 31.4. The number of anilines is 1. The van der Waals surface area contributed by atoms with Gasteiger partial charge in [-0.05, 0) is 74.1 Å². The van der Waals surface area contributed by atoms with Gasteiger partial charge in [0.2, 0.25) is 0 Å². The number of amides is 2. The molecule has 1 aliphatic heterocycles. The zero-order valence-corrected chi connectivity index (χ0v) is 25.7. The quantitative estimate of drug-likeness (QED) is 0.218. The molecule has 5 rings (SSSR count). The molecule has 1 atom stereocenters. The van der Waals surface area contributed by atoms with Gasteiger partial charge in [-0.2, -0.15) is 4.99 Å². The predicted octanol–water partition coefficient (Wildman–Crippen LogP) is 7.57. The maximum atomic E-state index is 12.7. The maximum absolute atomic E-state index is 12.7. The molecule has 0 saturated carbocycles. The molecule has 0 spiro atoms. The van der Waals surface area contributed by atoms with Gasteiger partial charge >= 0.3 is 12.4 Å². The smallest absolute Gasteiger partial charge is 0.406 e. The van der Waals surface area contributed by atoms with Crippen LogP contribution in [0.2, 0.25) is 0 Å². The molecule has 2 amide bonds. The number of carbonyl (C=O) groups is 1. The molecule has 0 aliphatic carbocycles. The second kappa shape index (κ2) is 13.1. The van der Waals surface area contributed by atoms with Crippen molar-refractivity contribution in [3.05, 3.63) is 89.2 Å². The van der Waals surface area contributed by atoms with Gasteiger partial charge in [-0.25, -0.2) is 14.5 Å². The minimum absolute atomic E-state index is 0.190. The summed E-state index contributed by atoms with van der Waals surface area (Å²) in [5.41, 5.74) is 7.16. The molecule has 44 heavy (non-hydrogen) atoms. The van der Waals surface area contributed by atoms with E-state index >= 15 is 0 Å². The van der Waals surface area contributed by atoms with Crippen LogP contribution in [-0.4, -0.2) is 51.2 Å². The molecule has 3 aromatic carbocycles. The topological polar surface area (TPSA) is 84.6 Å². The molecule has 1 aliphatic rings. The number of amidine groups is 1. The van der Waals surface area contributed by atoms with Gasteiger partial charge in [0.15, 0.2) is 11.0 Å². The summed E-state index contributed by atoms with van der Waals surface area (Å²) in [6.45, 7) is 9.68. The number of hydrogen-bond donors (Lipinski definition) is 1. The van der Waals surface area contributed by atoms with Crippen LogP contribution in [-0.2, 0) is 0 Å². The van der Waals surface area contributed by atoms with E-state index in [0.29, 0.717) is 18.1 Å². The summed E-state index contributed by atoms with van der Waals surface area (Å²) < 4.78 is 42.6. The standard InChI is InChI=1S/C32H33F3N6O2S/c1-20-17-22(3)28(23(4)18-20)40-15-16-44-31(40)38-30(42)36-14-13-21(2)24-5-7-25(8-6-24)29-37-19-41(39-29)26-9-11-27(12-10-26)43-32(33,34)35/h5-12,17-19,21H,13-16H2,1-4H3,(H,36,42). The van der Waals surface area contributed by atoms with Gasteiger partial charge in [0.25, 0.3) is 0 Å². The van der Waals surface area contributed by atoms with Crippen molar-refractivity contribution in [2.24, 2.45) is 4.99 Å². The monoisotopic (exact) mass is 622 g/mol. The number of hydrogen-bond acceptors (Lipinski definition) is 5. The number of nitrogens with one attached hydrogen (secondary N) is 1. The van der Waals surface area contributed by atoms with E-state index in [1.54, 1.807) is 11.8 Å². The molecule has 1 unspecified atom stereocenters. The summed E-state index contributed by atoms with van der Waals surface area (Å²) in [6.07, 6.45) is -2.50. The van der Waals surface area contributed by atoms with Crippen LogP contribution in [0.1, 0.15) is 41.5 Å². The largest absolute Gasteiger partial charge is 0.573 e. The second-order valence-corrected chi connectivity index (χ2v) is 11.8. The highest BCUT2D eigenvalue weighted by Gasteiger charge is 2.31. The first-order valence-electron chi connectivity index (χ1n) is 14.2. The first kappa shape index (κ1) is 31.1. The second-order valence-electron chi connectivity index (χ2n) is 10.7. The van der Waals surface area contributed by atoms with Crippen molar-refractivity contribution >= 4 is 28.6 Å². The Morgan fingerprint density at radius 3 is 2.41 bits per heavy atom. The summed E-state index contributed by atoms with van der Waals surface area (Å²) in [6, 6.07) is 17.2. The van der Waals surface area contributed by atoms with E-state index in [1.165, 1.54) is 52.0 Å². The van der Waals surface area contributed by atoms with E-state index in [4.69, 9.17) is 0 Å². The van der Waals surface area contributed by atoms with Crippen molar-refractivity contribution in [2.45, 2.75) is 46.4 Å². The lowest BCUT2D eigenvalue weighted by atomic mass is 9.96. The van der Waals surface area contributed by atoms with Gasteiger partial charge in [-0.1, -0.05) is 60.6 Å². The van der Waals surface area contributed by atoms with Crippen LogP contribution in [0.4, 0.5) is 23.7 Å². The summed E-state index contributed by atoms with van der Waals surface area (Å²) in [5, 5.41) is 8.12. The third-order valence-corrected chi connectivity index (χ3v) is 8.25. The number of alkyl halides is 3. The van der Waals surface area contributed by atoms with E-state index < -0.39 is 6.36 Å². The van der Waals surface area contributed by atoms with Gasteiger partial charge < -0.3 is 15.0 Å². The predicted molar refractivity (Wildman–Crippen MR) is 168 cm³/mol. The summed E-state index contributed by atoms with van der Waals surface area (Å²) in [7, 11) is 0. The number of rotatable bonds is 8.